The Labute approximate surface area is 122 Å². The first-order chi connectivity index (χ1) is 9.74. The third-order valence-corrected chi connectivity index (χ3v) is 4.97. The number of allylic oxidation sites excluding steroid dienone is 2. The first-order valence-corrected chi connectivity index (χ1v) is 7.84. The Morgan fingerprint density at radius 1 is 1.15 bits per heavy atom. The van der Waals surface area contributed by atoms with Gasteiger partial charge in [-0.05, 0) is 56.8 Å². The number of fused-ring (bicyclic) bond motifs is 2. The van der Waals surface area contributed by atoms with Gasteiger partial charge in [-0.25, -0.2) is 0 Å². The lowest BCUT2D eigenvalue weighted by atomic mass is 9.93. The van der Waals surface area contributed by atoms with E-state index in [9.17, 15) is 0 Å². The molecule has 2 nitrogen and oxygen atoms in total. The van der Waals surface area contributed by atoms with E-state index in [2.05, 4.69) is 66.8 Å². The molecule has 1 fully saturated rings. The second kappa shape index (κ2) is 6.11. The molecule has 0 aromatic heterocycles. The molecule has 0 heterocycles. The quantitative estimate of drug-likeness (QED) is 0.799. The Hall–Kier alpha value is -1.12. The maximum absolute atomic E-state index is 3.72. The molecule has 20 heavy (non-hydrogen) atoms. The molecular weight excluding hydrogens is 244 g/mol. The molecule has 2 bridgehead atoms. The highest BCUT2D eigenvalue weighted by Gasteiger charge is 2.35. The van der Waals surface area contributed by atoms with E-state index in [4.69, 9.17) is 0 Å². The van der Waals surface area contributed by atoms with Crippen molar-refractivity contribution in [1.82, 2.24) is 10.2 Å². The third kappa shape index (κ3) is 2.97. The van der Waals surface area contributed by atoms with E-state index in [1.807, 2.05) is 0 Å². The minimum atomic E-state index is 0.463. The number of likely N-dealkylation sites (N-methyl/N-ethyl adjacent to an activating group) is 1. The summed E-state index contributed by atoms with van der Waals surface area (Å²) in [7, 11) is 4.33. The number of hydrogen-bond acceptors (Lipinski definition) is 2. The SMILES string of the molecule is CN(C)C(CNCC1CC2C=CC1C2)c1ccccc1. The molecule has 0 aliphatic heterocycles. The Morgan fingerprint density at radius 3 is 2.55 bits per heavy atom. The third-order valence-electron chi connectivity index (χ3n) is 4.97. The zero-order valence-corrected chi connectivity index (χ0v) is 12.6. The van der Waals surface area contributed by atoms with Gasteiger partial charge in [0, 0.05) is 12.6 Å². The topological polar surface area (TPSA) is 15.3 Å². The molecule has 1 aromatic carbocycles. The molecule has 1 aromatic rings. The highest BCUT2D eigenvalue weighted by atomic mass is 15.1. The van der Waals surface area contributed by atoms with Gasteiger partial charge >= 0.3 is 0 Å². The van der Waals surface area contributed by atoms with Gasteiger partial charge in [0.2, 0.25) is 0 Å². The van der Waals surface area contributed by atoms with Crippen LogP contribution in [0.2, 0.25) is 0 Å². The molecule has 4 unspecified atom stereocenters. The van der Waals surface area contributed by atoms with Crippen LogP contribution in [0.25, 0.3) is 0 Å². The summed E-state index contributed by atoms with van der Waals surface area (Å²) in [5, 5.41) is 3.72. The lowest BCUT2D eigenvalue weighted by Crippen LogP contribution is -2.34. The fraction of sp³-hybridized carbons (Fsp3) is 0.556. The summed E-state index contributed by atoms with van der Waals surface area (Å²) in [6.45, 7) is 2.21. The zero-order valence-electron chi connectivity index (χ0n) is 12.6. The predicted molar refractivity (Wildman–Crippen MR) is 84.6 cm³/mol. The van der Waals surface area contributed by atoms with Crippen molar-refractivity contribution in [1.29, 1.82) is 0 Å². The molecule has 1 saturated carbocycles. The number of rotatable bonds is 6. The van der Waals surface area contributed by atoms with Crippen LogP contribution in [0.5, 0.6) is 0 Å². The van der Waals surface area contributed by atoms with Crippen LogP contribution in [0.3, 0.4) is 0 Å². The van der Waals surface area contributed by atoms with Gasteiger partial charge in [0.1, 0.15) is 0 Å². The second-order valence-electron chi connectivity index (χ2n) is 6.59. The molecule has 0 amide bonds. The van der Waals surface area contributed by atoms with Crippen LogP contribution >= 0.6 is 0 Å². The summed E-state index contributed by atoms with van der Waals surface area (Å²) in [6, 6.07) is 11.3. The fourth-order valence-corrected chi connectivity index (χ4v) is 3.81. The maximum Gasteiger partial charge on any atom is 0.0466 e. The second-order valence-corrected chi connectivity index (χ2v) is 6.59. The van der Waals surface area contributed by atoms with Crippen LogP contribution in [0.15, 0.2) is 42.5 Å². The van der Waals surface area contributed by atoms with Gasteiger partial charge < -0.3 is 10.2 Å². The van der Waals surface area contributed by atoms with E-state index in [0.29, 0.717) is 6.04 Å². The van der Waals surface area contributed by atoms with Crippen molar-refractivity contribution >= 4 is 0 Å². The molecule has 3 rings (SSSR count). The Kier molecular flexibility index (Phi) is 4.23. The van der Waals surface area contributed by atoms with Gasteiger partial charge in [-0.3, -0.25) is 0 Å². The van der Waals surface area contributed by atoms with E-state index in [1.165, 1.54) is 24.9 Å². The average Bonchev–Trinajstić information content (AvgIpc) is 3.06. The predicted octanol–water partition coefficient (Wildman–Crippen LogP) is 3.09. The lowest BCUT2D eigenvalue weighted by molar-refractivity contribution is 0.279. The van der Waals surface area contributed by atoms with Crippen LogP contribution in [0, 0.1) is 17.8 Å². The molecule has 2 heteroatoms. The summed E-state index contributed by atoms with van der Waals surface area (Å²) in [5.74, 6) is 2.59. The van der Waals surface area contributed by atoms with E-state index in [-0.39, 0.29) is 0 Å². The minimum Gasteiger partial charge on any atom is -0.315 e. The minimum absolute atomic E-state index is 0.463. The van der Waals surface area contributed by atoms with Gasteiger partial charge in [0.15, 0.2) is 0 Å². The monoisotopic (exact) mass is 270 g/mol. The molecule has 2 aliphatic rings. The van der Waals surface area contributed by atoms with Crippen LogP contribution in [-0.2, 0) is 0 Å². The van der Waals surface area contributed by atoms with Crippen LogP contribution in [0.1, 0.15) is 24.4 Å². The first-order valence-electron chi connectivity index (χ1n) is 7.84. The van der Waals surface area contributed by atoms with Crippen LogP contribution in [0.4, 0.5) is 0 Å². The van der Waals surface area contributed by atoms with E-state index in [1.54, 1.807) is 0 Å². The average molecular weight is 270 g/mol. The Morgan fingerprint density at radius 2 is 1.95 bits per heavy atom. The van der Waals surface area contributed by atoms with Gasteiger partial charge in [0.25, 0.3) is 0 Å². The summed E-state index contributed by atoms with van der Waals surface area (Å²) in [6.07, 6.45) is 7.67. The molecule has 0 saturated heterocycles. The molecule has 4 atom stereocenters. The summed E-state index contributed by atoms with van der Waals surface area (Å²) < 4.78 is 0. The van der Waals surface area contributed by atoms with E-state index >= 15 is 0 Å². The van der Waals surface area contributed by atoms with Crippen molar-refractivity contribution in [3.63, 3.8) is 0 Å². The molecule has 1 N–H and O–H groups in total. The van der Waals surface area contributed by atoms with Gasteiger partial charge in [0.05, 0.1) is 0 Å². The van der Waals surface area contributed by atoms with Gasteiger partial charge in [-0.15, -0.1) is 0 Å². The Balaban J connectivity index is 1.52. The molecule has 108 valence electrons. The van der Waals surface area contributed by atoms with Gasteiger partial charge in [-0.2, -0.15) is 0 Å². The number of hydrogen-bond donors (Lipinski definition) is 1. The van der Waals surface area contributed by atoms with Crippen molar-refractivity contribution in [2.75, 3.05) is 27.2 Å². The van der Waals surface area contributed by atoms with Crippen molar-refractivity contribution in [3.05, 3.63) is 48.0 Å². The number of benzene rings is 1. The van der Waals surface area contributed by atoms with E-state index in [0.717, 1.165) is 24.3 Å². The number of nitrogens with zero attached hydrogens (tertiary/aromatic N) is 1. The molecule has 0 spiro atoms. The largest absolute Gasteiger partial charge is 0.315 e. The van der Waals surface area contributed by atoms with Crippen molar-refractivity contribution in [3.8, 4) is 0 Å². The summed E-state index contributed by atoms with van der Waals surface area (Å²) >= 11 is 0. The van der Waals surface area contributed by atoms with Gasteiger partial charge in [-0.1, -0.05) is 42.5 Å². The van der Waals surface area contributed by atoms with Crippen molar-refractivity contribution in [2.24, 2.45) is 17.8 Å². The smallest absolute Gasteiger partial charge is 0.0466 e. The van der Waals surface area contributed by atoms with Crippen molar-refractivity contribution < 1.29 is 0 Å². The summed E-state index contributed by atoms with van der Waals surface area (Å²) in [5.41, 5.74) is 1.40. The normalized spacial score (nSPS) is 29.2. The molecule has 2 aliphatic carbocycles. The highest BCUT2D eigenvalue weighted by molar-refractivity contribution is 5.19. The summed E-state index contributed by atoms with van der Waals surface area (Å²) in [4.78, 5) is 2.31. The van der Waals surface area contributed by atoms with Crippen molar-refractivity contribution in [2.45, 2.75) is 18.9 Å². The lowest BCUT2D eigenvalue weighted by Gasteiger charge is -2.27. The zero-order chi connectivity index (χ0) is 13.9. The standard InChI is InChI=1S/C18H26N2/c1-20(2)18(15-6-4-3-5-7-15)13-19-12-17-11-14-8-9-16(17)10-14/h3-9,14,16-19H,10-13H2,1-2H3. The van der Waals surface area contributed by atoms with E-state index < -0.39 is 0 Å². The highest BCUT2D eigenvalue weighted by Crippen LogP contribution is 2.42. The first kappa shape index (κ1) is 13.8. The Bertz CT molecular complexity index is 452. The van der Waals surface area contributed by atoms with Crippen LogP contribution < -0.4 is 5.32 Å². The maximum atomic E-state index is 3.72. The molecule has 0 radical (unpaired) electrons. The van der Waals surface area contributed by atoms with Crippen LogP contribution in [-0.4, -0.2) is 32.1 Å². The number of nitrogens with one attached hydrogen (secondary N) is 1. The fourth-order valence-electron chi connectivity index (χ4n) is 3.81. The molecular formula is C18H26N2.